The number of hydrogen-bond acceptors (Lipinski definition) is 14. The normalized spacial score (nSPS) is 12.3. The van der Waals surface area contributed by atoms with Crippen molar-refractivity contribution in [3.8, 4) is 22.6 Å². The molecule has 88 heavy (non-hydrogen) atoms. The summed E-state index contributed by atoms with van der Waals surface area (Å²) in [5.41, 5.74) is 4.74. The van der Waals surface area contributed by atoms with Gasteiger partial charge in [0.1, 0.15) is 68.3 Å². The van der Waals surface area contributed by atoms with Gasteiger partial charge in [0.25, 0.3) is 0 Å². The molecule has 7 rings (SSSR count). The minimum absolute atomic E-state index is 0.00245. The number of benzene rings is 7. The van der Waals surface area contributed by atoms with Crippen LogP contribution in [0.1, 0.15) is 72.6 Å². The number of rotatable bonds is 30. The first-order valence-corrected chi connectivity index (χ1v) is 28.6. The quantitative estimate of drug-likeness (QED) is 0.0163. The van der Waals surface area contributed by atoms with E-state index < -0.39 is 84.8 Å². The van der Waals surface area contributed by atoms with Gasteiger partial charge in [-0.15, -0.1) is 0 Å². The van der Waals surface area contributed by atoms with Crippen molar-refractivity contribution in [3.05, 3.63) is 227 Å². The van der Waals surface area contributed by atoms with E-state index in [0.29, 0.717) is 39.3 Å². The number of alkyl carbamates (subject to hydrolysis) is 3. The van der Waals surface area contributed by atoms with Crippen LogP contribution in [0.2, 0.25) is 0 Å². The van der Waals surface area contributed by atoms with Crippen LogP contribution in [0.3, 0.4) is 0 Å². The van der Waals surface area contributed by atoms with Gasteiger partial charge >= 0.3 is 30.2 Å². The molecule has 0 spiro atoms. The van der Waals surface area contributed by atoms with Gasteiger partial charge in [0, 0.05) is 32.4 Å². The van der Waals surface area contributed by atoms with Crippen LogP contribution in [0.15, 0.2) is 188 Å². The molecule has 0 saturated heterocycles. The number of esters is 1. The Morgan fingerprint density at radius 2 is 0.875 bits per heavy atom. The summed E-state index contributed by atoms with van der Waals surface area (Å²) in [4.78, 5) is 94.4. The molecule has 0 aliphatic rings. The molecular weight excluding hydrogens is 1130 g/mol. The Labute approximate surface area is 510 Å². The van der Waals surface area contributed by atoms with Gasteiger partial charge < -0.3 is 65.2 Å². The smallest absolute Gasteiger partial charge is 0.408 e. The first kappa shape index (κ1) is 65.3. The highest BCUT2D eigenvalue weighted by Crippen LogP contribution is 2.33. The van der Waals surface area contributed by atoms with Crippen LogP contribution in [0, 0.1) is 0 Å². The molecule has 7 aromatic rings. The Morgan fingerprint density at radius 3 is 1.33 bits per heavy atom. The zero-order valence-electron chi connectivity index (χ0n) is 49.2. The monoisotopic (exact) mass is 1200 g/mol. The van der Waals surface area contributed by atoms with Gasteiger partial charge in [0.15, 0.2) is 0 Å². The Hall–Kier alpha value is -10.2. The van der Waals surface area contributed by atoms with Gasteiger partial charge in [-0.3, -0.25) is 14.4 Å². The van der Waals surface area contributed by atoms with Crippen molar-refractivity contribution in [2.75, 3.05) is 13.1 Å². The lowest BCUT2D eigenvalue weighted by atomic mass is 9.95. The van der Waals surface area contributed by atoms with E-state index >= 15 is 0 Å². The molecule has 5 amide bonds. The number of carboxylic acids is 1. The zero-order chi connectivity index (χ0) is 62.7. The van der Waals surface area contributed by atoms with Gasteiger partial charge in [-0.1, -0.05) is 164 Å². The molecule has 20 heteroatoms. The number of carbonyl (C=O) groups excluding carboxylic acids is 6. The average Bonchev–Trinajstić information content (AvgIpc) is 3.11. The van der Waals surface area contributed by atoms with Crippen molar-refractivity contribution < 1.29 is 72.2 Å². The first-order valence-electron chi connectivity index (χ1n) is 28.6. The molecule has 7 aromatic carbocycles. The van der Waals surface area contributed by atoms with Gasteiger partial charge in [-0.05, 0) is 95.1 Å². The van der Waals surface area contributed by atoms with Crippen LogP contribution in [0.5, 0.6) is 11.5 Å². The summed E-state index contributed by atoms with van der Waals surface area (Å²) in [6.45, 7) is 4.33. The van der Waals surface area contributed by atoms with Crippen LogP contribution in [0.4, 0.5) is 14.4 Å². The van der Waals surface area contributed by atoms with Gasteiger partial charge in [0.2, 0.25) is 11.8 Å². The lowest BCUT2D eigenvalue weighted by molar-refractivity contribution is -0.145. The zero-order valence-corrected chi connectivity index (χ0v) is 49.2. The van der Waals surface area contributed by atoms with E-state index in [4.69, 9.17) is 28.4 Å². The van der Waals surface area contributed by atoms with Crippen molar-refractivity contribution in [2.45, 2.75) is 109 Å². The maximum atomic E-state index is 14.7. The van der Waals surface area contributed by atoms with Gasteiger partial charge in [-0.2, -0.15) is 0 Å². The molecule has 0 saturated carbocycles. The minimum atomic E-state index is -1.56. The number of aliphatic hydroxyl groups excluding tert-OH is 1. The third-order valence-electron chi connectivity index (χ3n) is 13.3. The summed E-state index contributed by atoms with van der Waals surface area (Å²) in [6, 6.07) is 51.5. The number of ether oxygens (including phenoxy) is 6. The summed E-state index contributed by atoms with van der Waals surface area (Å²) in [6.07, 6.45) is -5.49. The summed E-state index contributed by atoms with van der Waals surface area (Å²) < 4.78 is 34.4. The maximum Gasteiger partial charge on any atom is 0.408 e. The molecule has 0 aliphatic carbocycles. The van der Waals surface area contributed by atoms with E-state index in [-0.39, 0.29) is 58.8 Å². The van der Waals surface area contributed by atoms with E-state index in [1.165, 1.54) is 0 Å². The summed E-state index contributed by atoms with van der Waals surface area (Å²) >= 11 is 0. The molecule has 0 aliphatic heterocycles. The fourth-order valence-corrected chi connectivity index (χ4v) is 8.85. The SMILES string of the molecule is CC(C)(C)OC(=O)N[C@@H](C[C@@H](O)CNC(=O)OCc1ccccc1)C(=O)N[C@@H](Cc1cc(-c2ccc(OCc3ccccc3)c(C[C@H](NC(=O)OCc3ccccc3)C(=O)O)c2)ccc1OCc1ccccc1)C(=O)NCCC(=O)OCc1ccccc1. The molecule has 0 fully saturated rings. The van der Waals surface area contributed by atoms with Gasteiger partial charge in [0.05, 0.1) is 12.5 Å². The average molecular weight is 1200 g/mol. The summed E-state index contributed by atoms with van der Waals surface area (Å²) in [5, 5.41) is 34.8. The summed E-state index contributed by atoms with van der Waals surface area (Å²) in [5.74, 6) is -2.97. The Kier molecular flexibility index (Phi) is 24.9. The number of amides is 5. The molecule has 0 aromatic heterocycles. The van der Waals surface area contributed by atoms with Crippen LogP contribution in [-0.2, 0) is 84.0 Å². The topological polar surface area (TPSA) is 275 Å². The predicted molar refractivity (Wildman–Crippen MR) is 326 cm³/mol. The van der Waals surface area contributed by atoms with E-state index in [9.17, 15) is 43.8 Å². The van der Waals surface area contributed by atoms with E-state index in [1.807, 2.05) is 91.0 Å². The Morgan fingerprint density at radius 1 is 0.455 bits per heavy atom. The molecule has 4 atom stereocenters. The second kappa shape index (κ2) is 33.5. The molecule has 0 unspecified atom stereocenters. The number of aliphatic carboxylic acids is 1. The van der Waals surface area contributed by atoms with Crippen molar-refractivity contribution in [3.63, 3.8) is 0 Å². The van der Waals surface area contributed by atoms with Crippen molar-refractivity contribution in [1.29, 1.82) is 0 Å². The Bertz CT molecular complexity index is 3390. The second-order valence-corrected chi connectivity index (χ2v) is 21.5. The highest BCUT2D eigenvalue weighted by Gasteiger charge is 2.32. The first-order chi connectivity index (χ1) is 42.4. The number of carbonyl (C=O) groups is 7. The fraction of sp³-hybridized carbons (Fsp3) is 0.279. The van der Waals surface area contributed by atoms with E-state index in [0.717, 1.165) is 22.3 Å². The lowest BCUT2D eigenvalue weighted by Gasteiger charge is -2.27. The molecule has 460 valence electrons. The lowest BCUT2D eigenvalue weighted by Crippen LogP contribution is -2.56. The molecule has 0 heterocycles. The van der Waals surface area contributed by atoms with Crippen LogP contribution in [-0.4, -0.2) is 95.2 Å². The van der Waals surface area contributed by atoms with Crippen LogP contribution < -0.4 is 36.1 Å². The summed E-state index contributed by atoms with van der Waals surface area (Å²) in [7, 11) is 0. The van der Waals surface area contributed by atoms with Crippen LogP contribution >= 0.6 is 0 Å². The standard InChI is InChI=1S/C68H73N5O15/c1-68(2,3)88-67(82)72-57(39-55(74)40-70-65(80)86-44-49-25-15-7-16-26-49)63(77)71-56(62(76)69-34-33-61(75)85-43-48-23-13-6-14-24-48)37-53-35-51(29-31-59(53)83-41-46-19-9-4-10-20-46)52-30-32-60(84-42-47-21-11-5-12-22-47)54(36-52)38-58(64(78)79)73-66(81)87-45-50-27-17-8-18-28-50/h4-32,35-36,55-58,74H,33-34,37-45H2,1-3H3,(H,69,76)(H,70,80)(H,71,77)(H,72,82)(H,73,81)(H,78,79)/t55-,56+,57+,58+/m1/s1. The van der Waals surface area contributed by atoms with Crippen molar-refractivity contribution in [1.82, 2.24) is 26.6 Å². The van der Waals surface area contributed by atoms with Crippen molar-refractivity contribution in [2.24, 2.45) is 0 Å². The number of nitrogens with one attached hydrogen (secondary N) is 5. The molecule has 7 N–H and O–H groups in total. The minimum Gasteiger partial charge on any atom is -0.489 e. The Balaban J connectivity index is 1.20. The van der Waals surface area contributed by atoms with Gasteiger partial charge in [-0.25, -0.2) is 19.2 Å². The van der Waals surface area contributed by atoms with Crippen LogP contribution in [0.25, 0.3) is 11.1 Å². The maximum absolute atomic E-state index is 14.7. The second-order valence-electron chi connectivity index (χ2n) is 21.5. The molecular formula is C68H73N5O15. The number of aliphatic hydroxyl groups is 1. The molecule has 0 radical (unpaired) electrons. The molecule has 20 nitrogen and oxygen atoms in total. The largest absolute Gasteiger partial charge is 0.489 e. The third-order valence-corrected chi connectivity index (χ3v) is 13.3. The fourth-order valence-electron chi connectivity index (χ4n) is 8.85. The number of carboxylic acid groups (broad SMARTS) is 1. The number of hydrogen-bond donors (Lipinski definition) is 7. The van der Waals surface area contributed by atoms with E-state index in [2.05, 4.69) is 26.6 Å². The highest BCUT2D eigenvalue weighted by atomic mass is 16.6. The van der Waals surface area contributed by atoms with E-state index in [1.54, 1.807) is 118 Å². The molecule has 0 bridgehead atoms. The predicted octanol–water partition coefficient (Wildman–Crippen LogP) is 9.28. The van der Waals surface area contributed by atoms with Crippen molar-refractivity contribution >= 4 is 42.0 Å². The highest BCUT2D eigenvalue weighted by molar-refractivity contribution is 5.92. The third kappa shape index (κ3) is 22.7.